The third kappa shape index (κ3) is 74.9. The van der Waals surface area contributed by atoms with Crippen molar-refractivity contribution in [2.24, 2.45) is 5.92 Å². The molecule has 3 unspecified atom stereocenters. The fraction of sp³-hybridized carbons (Fsp3) is 0.952. The molecule has 0 saturated carbocycles. The Morgan fingerprint density at radius 3 is 0.696 bits per heavy atom. The van der Waals surface area contributed by atoms with Gasteiger partial charge in [-0.25, -0.2) is 9.13 Å². The van der Waals surface area contributed by atoms with Crippen molar-refractivity contribution in [2.45, 2.75) is 464 Å². The predicted octanol–water partition coefficient (Wildman–Crippen LogP) is 25.2. The molecule has 0 aliphatic carbocycles. The minimum absolute atomic E-state index is 0.109. The van der Waals surface area contributed by atoms with Gasteiger partial charge in [-0.15, -0.1) is 0 Å². The molecule has 17 nitrogen and oxygen atoms in total. The summed E-state index contributed by atoms with van der Waals surface area (Å²) in [6.45, 7) is 7.39. The maximum atomic E-state index is 13.1. The van der Waals surface area contributed by atoms with Crippen molar-refractivity contribution in [2.75, 3.05) is 39.6 Å². The molecule has 0 radical (unpaired) electrons. The van der Waals surface area contributed by atoms with Crippen LogP contribution in [0.25, 0.3) is 0 Å². The van der Waals surface area contributed by atoms with Crippen LogP contribution in [0.3, 0.4) is 0 Å². The first kappa shape index (κ1) is 100. The van der Waals surface area contributed by atoms with Crippen LogP contribution in [0.15, 0.2) is 0 Å². The normalized spacial score (nSPS) is 14.1. The molecule has 19 heteroatoms. The number of carbonyl (C=O) groups is 4. The lowest BCUT2D eigenvalue weighted by Crippen LogP contribution is -2.30. The van der Waals surface area contributed by atoms with E-state index in [1.165, 1.54) is 270 Å². The van der Waals surface area contributed by atoms with Crippen molar-refractivity contribution in [3.05, 3.63) is 0 Å². The van der Waals surface area contributed by atoms with Gasteiger partial charge >= 0.3 is 39.5 Å². The molecule has 0 aromatic heterocycles. The first-order chi connectivity index (χ1) is 49.6. The summed E-state index contributed by atoms with van der Waals surface area (Å²) in [6.07, 6.45) is 67.9. The van der Waals surface area contributed by atoms with Gasteiger partial charge in [0.05, 0.1) is 26.4 Å². The van der Waals surface area contributed by atoms with E-state index in [1.54, 1.807) is 0 Å². The SMILES string of the molecule is CCCCCCCCCCCCCCCCCCCCC(=O)OC[C@H](COP(=O)(O)OC[C@@H](O)COP(=O)(O)OC[C@@H](COC(=O)CCCCCCCCCCC)OC(=O)CCCCCCCCCCCCCCCCCCC)OC(=O)CCCCCCCCCCCCCCCCC(C)CC. The van der Waals surface area contributed by atoms with Gasteiger partial charge < -0.3 is 33.8 Å². The summed E-state index contributed by atoms with van der Waals surface area (Å²) in [7, 11) is -9.92. The van der Waals surface area contributed by atoms with Crippen LogP contribution in [0.2, 0.25) is 0 Å². The molecule has 0 amide bonds. The molecule has 3 N–H and O–H groups in total. The van der Waals surface area contributed by atoms with Crippen LogP contribution < -0.4 is 0 Å². The van der Waals surface area contributed by atoms with Crippen LogP contribution in [0.4, 0.5) is 0 Å². The second kappa shape index (κ2) is 75.9. The molecule has 0 rings (SSSR count). The lowest BCUT2D eigenvalue weighted by atomic mass is 9.99. The number of esters is 4. The molecule has 0 aliphatic heterocycles. The van der Waals surface area contributed by atoms with E-state index in [0.717, 1.165) is 95.8 Å². The standard InChI is InChI=1S/C83H162O17P2/c1-6-10-13-16-19-22-24-26-28-30-32-33-38-42-47-52-57-62-67-81(86)94-73-79(100-83(88)69-64-59-54-49-44-40-36-35-37-41-46-50-55-60-65-76(5)9-4)75-98-102(91,92)96-71-77(84)70-95-101(89,90)97-74-78(72-93-80(85)66-61-56-51-45-21-18-15-12-8-3)99-82(87)68-63-58-53-48-43-39-34-31-29-27-25-23-20-17-14-11-7-2/h76-79,84H,6-75H2,1-5H3,(H,89,90)(H,91,92)/t76?,77-,78+,79+/m0/s1. The zero-order valence-corrected chi connectivity index (χ0v) is 68.5. The number of aliphatic hydroxyl groups is 1. The summed E-state index contributed by atoms with van der Waals surface area (Å²) in [5.74, 6) is -1.26. The number of aliphatic hydroxyl groups excluding tert-OH is 1. The molecular weight excluding hydrogens is 1330 g/mol. The molecule has 0 heterocycles. The van der Waals surface area contributed by atoms with Gasteiger partial charge in [-0.3, -0.25) is 37.3 Å². The van der Waals surface area contributed by atoms with Crippen LogP contribution in [-0.2, 0) is 65.4 Å². The van der Waals surface area contributed by atoms with Crippen molar-refractivity contribution in [3.63, 3.8) is 0 Å². The number of rotatable bonds is 83. The van der Waals surface area contributed by atoms with E-state index in [2.05, 4.69) is 34.6 Å². The molecule has 0 bridgehead atoms. The van der Waals surface area contributed by atoms with Gasteiger partial charge in [0.1, 0.15) is 19.3 Å². The Balaban J connectivity index is 5.22. The van der Waals surface area contributed by atoms with Crippen LogP contribution in [0, 0.1) is 5.92 Å². The zero-order chi connectivity index (χ0) is 74.8. The third-order valence-corrected chi connectivity index (χ3v) is 21.8. The molecule has 0 fully saturated rings. The highest BCUT2D eigenvalue weighted by Crippen LogP contribution is 2.45. The number of phosphoric acid groups is 2. The Hall–Kier alpha value is -1.94. The molecule has 6 atom stereocenters. The number of phosphoric ester groups is 2. The Kier molecular flexibility index (Phi) is 74.4. The smallest absolute Gasteiger partial charge is 0.462 e. The Labute approximate surface area is 626 Å². The molecule has 0 saturated heterocycles. The number of ether oxygens (including phenoxy) is 4. The molecular formula is C83H162O17P2. The predicted molar refractivity (Wildman–Crippen MR) is 418 cm³/mol. The first-order valence-corrected chi connectivity index (χ1v) is 46.2. The van der Waals surface area contributed by atoms with E-state index in [0.29, 0.717) is 25.7 Å². The van der Waals surface area contributed by atoms with Crippen molar-refractivity contribution >= 4 is 39.5 Å². The highest BCUT2D eigenvalue weighted by molar-refractivity contribution is 7.47. The van der Waals surface area contributed by atoms with Crippen molar-refractivity contribution in [3.8, 4) is 0 Å². The van der Waals surface area contributed by atoms with Crippen LogP contribution >= 0.6 is 15.6 Å². The van der Waals surface area contributed by atoms with Gasteiger partial charge in [-0.2, -0.15) is 0 Å². The number of hydrogen-bond acceptors (Lipinski definition) is 15. The van der Waals surface area contributed by atoms with E-state index in [-0.39, 0.29) is 25.7 Å². The topological polar surface area (TPSA) is 237 Å². The summed E-state index contributed by atoms with van der Waals surface area (Å²) in [6, 6.07) is 0. The fourth-order valence-electron chi connectivity index (χ4n) is 12.9. The van der Waals surface area contributed by atoms with Crippen LogP contribution in [0.5, 0.6) is 0 Å². The summed E-state index contributed by atoms with van der Waals surface area (Å²) in [5.41, 5.74) is 0. The summed E-state index contributed by atoms with van der Waals surface area (Å²) < 4.78 is 68.8. The monoisotopic (exact) mass is 1490 g/mol. The average molecular weight is 1490 g/mol. The highest BCUT2D eigenvalue weighted by Gasteiger charge is 2.30. The van der Waals surface area contributed by atoms with Gasteiger partial charge in [-0.1, -0.05) is 394 Å². The molecule has 0 aromatic carbocycles. The molecule has 102 heavy (non-hydrogen) atoms. The average Bonchev–Trinajstić information content (AvgIpc) is 0.911. The lowest BCUT2D eigenvalue weighted by molar-refractivity contribution is -0.161. The summed E-state index contributed by atoms with van der Waals surface area (Å²) >= 11 is 0. The largest absolute Gasteiger partial charge is 0.472 e. The minimum atomic E-state index is -4.96. The Morgan fingerprint density at radius 1 is 0.275 bits per heavy atom. The number of unbranched alkanes of at least 4 members (excludes halogenated alkanes) is 54. The zero-order valence-electron chi connectivity index (χ0n) is 66.8. The number of carbonyl (C=O) groups excluding carboxylic acids is 4. The van der Waals surface area contributed by atoms with E-state index in [9.17, 15) is 43.2 Å². The van der Waals surface area contributed by atoms with E-state index in [4.69, 9.17) is 37.0 Å². The van der Waals surface area contributed by atoms with Gasteiger partial charge in [0.2, 0.25) is 0 Å². The van der Waals surface area contributed by atoms with Crippen LogP contribution in [-0.4, -0.2) is 96.7 Å². The van der Waals surface area contributed by atoms with Crippen molar-refractivity contribution in [1.82, 2.24) is 0 Å². The second-order valence-electron chi connectivity index (χ2n) is 30.1. The van der Waals surface area contributed by atoms with Crippen molar-refractivity contribution in [1.29, 1.82) is 0 Å². The van der Waals surface area contributed by atoms with Gasteiger partial charge in [0, 0.05) is 25.7 Å². The quantitative estimate of drug-likeness (QED) is 0.0222. The molecule has 0 aliphatic rings. The summed E-state index contributed by atoms with van der Waals surface area (Å²) in [5, 5.41) is 10.7. The molecule has 0 aromatic rings. The maximum Gasteiger partial charge on any atom is 0.472 e. The minimum Gasteiger partial charge on any atom is -0.462 e. The lowest BCUT2D eigenvalue weighted by Gasteiger charge is -2.21. The van der Waals surface area contributed by atoms with E-state index >= 15 is 0 Å². The number of hydrogen-bond donors (Lipinski definition) is 3. The second-order valence-corrected chi connectivity index (χ2v) is 33.0. The first-order valence-electron chi connectivity index (χ1n) is 43.2. The van der Waals surface area contributed by atoms with E-state index < -0.39 is 97.5 Å². The van der Waals surface area contributed by atoms with Gasteiger partial charge in [0.25, 0.3) is 0 Å². The third-order valence-electron chi connectivity index (χ3n) is 19.9. The molecule has 606 valence electrons. The maximum absolute atomic E-state index is 13.1. The molecule has 0 spiro atoms. The fourth-order valence-corrected chi connectivity index (χ4v) is 14.5. The highest BCUT2D eigenvalue weighted by atomic mass is 31.2. The summed E-state index contributed by atoms with van der Waals surface area (Å²) in [4.78, 5) is 73.1. The van der Waals surface area contributed by atoms with E-state index in [1.807, 2.05) is 0 Å². The van der Waals surface area contributed by atoms with Crippen molar-refractivity contribution < 1.29 is 80.2 Å². The Bertz CT molecular complexity index is 1950. The van der Waals surface area contributed by atoms with Gasteiger partial charge in [-0.05, 0) is 31.6 Å². The Morgan fingerprint density at radius 2 is 0.471 bits per heavy atom. The van der Waals surface area contributed by atoms with Crippen LogP contribution in [0.1, 0.15) is 446 Å². The van der Waals surface area contributed by atoms with Gasteiger partial charge in [0.15, 0.2) is 12.2 Å².